The molecule has 1 atom stereocenters. The second-order valence-electron chi connectivity index (χ2n) is 6.54. The molecule has 2 aliphatic heterocycles. The van der Waals surface area contributed by atoms with Gasteiger partial charge in [-0.3, -0.25) is 14.4 Å². The van der Waals surface area contributed by atoms with Crippen molar-refractivity contribution in [3.8, 4) is 0 Å². The monoisotopic (exact) mass is 344 g/mol. The van der Waals surface area contributed by atoms with E-state index >= 15 is 0 Å². The van der Waals surface area contributed by atoms with Gasteiger partial charge in [0.15, 0.2) is 0 Å². The lowest BCUT2D eigenvalue weighted by Gasteiger charge is -2.31. The minimum absolute atomic E-state index is 0.0757. The number of amides is 2. The van der Waals surface area contributed by atoms with E-state index in [4.69, 9.17) is 4.74 Å². The van der Waals surface area contributed by atoms with E-state index in [1.807, 2.05) is 12.1 Å². The summed E-state index contributed by atoms with van der Waals surface area (Å²) >= 11 is 0. The number of hydrogen-bond donors (Lipinski definition) is 0. The second kappa shape index (κ2) is 7.68. The Hall–Kier alpha value is -2.37. The van der Waals surface area contributed by atoms with E-state index < -0.39 is 0 Å². The molecule has 25 heavy (non-hydrogen) atoms. The van der Waals surface area contributed by atoms with E-state index in [0.29, 0.717) is 31.7 Å². The zero-order valence-electron chi connectivity index (χ0n) is 14.6. The number of likely N-dealkylation sites (tertiary alicyclic amines) is 1. The van der Waals surface area contributed by atoms with E-state index in [9.17, 15) is 14.4 Å². The van der Waals surface area contributed by atoms with Crippen molar-refractivity contribution in [3.63, 3.8) is 0 Å². The van der Waals surface area contributed by atoms with Crippen molar-refractivity contribution < 1.29 is 19.1 Å². The minimum Gasteiger partial charge on any atom is -0.466 e. The number of ether oxygens (including phenoxy) is 1. The fourth-order valence-electron chi connectivity index (χ4n) is 3.50. The SMILES string of the molecule is CCOC(=O)C1CCCN(C(=O)c2ccc(N3CCCC3=O)cc2)C1. The number of nitrogens with zero attached hydrogens (tertiary/aromatic N) is 2. The summed E-state index contributed by atoms with van der Waals surface area (Å²) in [6, 6.07) is 7.17. The zero-order chi connectivity index (χ0) is 17.8. The van der Waals surface area contributed by atoms with Gasteiger partial charge in [-0.25, -0.2) is 0 Å². The Labute approximate surface area is 147 Å². The average Bonchev–Trinajstić information content (AvgIpc) is 3.07. The molecule has 0 saturated carbocycles. The van der Waals surface area contributed by atoms with Crippen molar-refractivity contribution in [2.45, 2.75) is 32.6 Å². The van der Waals surface area contributed by atoms with Crippen LogP contribution in [0.4, 0.5) is 5.69 Å². The van der Waals surface area contributed by atoms with Crippen LogP contribution in [0.5, 0.6) is 0 Å². The molecular formula is C19H24N2O4. The highest BCUT2D eigenvalue weighted by molar-refractivity contribution is 5.97. The van der Waals surface area contributed by atoms with Crippen LogP contribution in [0.25, 0.3) is 0 Å². The van der Waals surface area contributed by atoms with Gasteiger partial charge in [-0.1, -0.05) is 0 Å². The van der Waals surface area contributed by atoms with Crippen molar-refractivity contribution in [3.05, 3.63) is 29.8 Å². The standard InChI is InChI=1S/C19H24N2O4/c1-2-25-19(24)15-5-3-11-20(13-15)18(23)14-7-9-16(10-8-14)21-12-4-6-17(21)22/h7-10,15H,2-6,11-13H2,1H3. The lowest BCUT2D eigenvalue weighted by atomic mass is 9.97. The number of anilines is 1. The molecule has 134 valence electrons. The molecule has 2 amide bonds. The highest BCUT2D eigenvalue weighted by Crippen LogP contribution is 2.24. The van der Waals surface area contributed by atoms with Crippen molar-refractivity contribution in [1.82, 2.24) is 4.90 Å². The topological polar surface area (TPSA) is 66.9 Å². The summed E-state index contributed by atoms with van der Waals surface area (Å²) in [6.45, 7) is 3.95. The molecule has 6 heteroatoms. The van der Waals surface area contributed by atoms with Crippen LogP contribution in [0.1, 0.15) is 43.0 Å². The first-order chi connectivity index (χ1) is 12.1. The summed E-state index contributed by atoms with van der Waals surface area (Å²) < 4.78 is 5.08. The van der Waals surface area contributed by atoms with Crippen LogP contribution in [0.15, 0.2) is 24.3 Å². The molecule has 2 fully saturated rings. The van der Waals surface area contributed by atoms with E-state index in [1.165, 1.54) is 0 Å². The zero-order valence-corrected chi connectivity index (χ0v) is 14.6. The summed E-state index contributed by atoms with van der Waals surface area (Å²) in [7, 11) is 0. The molecule has 1 aromatic rings. The maximum Gasteiger partial charge on any atom is 0.310 e. The highest BCUT2D eigenvalue weighted by Gasteiger charge is 2.30. The van der Waals surface area contributed by atoms with Gasteiger partial charge in [0.1, 0.15) is 0 Å². The quantitative estimate of drug-likeness (QED) is 0.786. The van der Waals surface area contributed by atoms with E-state index in [1.54, 1.807) is 28.9 Å². The molecule has 2 saturated heterocycles. The summed E-state index contributed by atoms with van der Waals surface area (Å²) in [5.41, 5.74) is 1.42. The van der Waals surface area contributed by atoms with Gasteiger partial charge in [-0.2, -0.15) is 0 Å². The van der Waals surface area contributed by atoms with Gasteiger partial charge >= 0.3 is 5.97 Å². The summed E-state index contributed by atoms with van der Waals surface area (Å²) in [6.07, 6.45) is 3.03. The fraction of sp³-hybridized carbons (Fsp3) is 0.526. The van der Waals surface area contributed by atoms with Gasteiger partial charge in [0.05, 0.1) is 12.5 Å². The van der Waals surface area contributed by atoms with Gasteiger partial charge in [0.25, 0.3) is 5.91 Å². The Morgan fingerprint density at radius 3 is 2.56 bits per heavy atom. The molecule has 0 radical (unpaired) electrons. The average molecular weight is 344 g/mol. The lowest BCUT2D eigenvalue weighted by molar-refractivity contribution is -0.149. The third-order valence-corrected chi connectivity index (χ3v) is 4.83. The van der Waals surface area contributed by atoms with Crippen LogP contribution >= 0.6 is 0 Å². The predicted octanol–water partition coefficient (Wildman–Crippen LogP) is 2.23. The molecule has 0 N–H and O–H groups in total. The van der Waals surface area contributed by atoms with Crippen LogP contribution in [0.2, 0.25) is 0 Å². The first-order valence-electron chi connectivity index (χ1n) is 8.96. The molecule has 0 spiro atoms. The Bertz CT molecular complexity index is 656. The Balaban J connectivity index is 1.66. The minimum atomic E-state index is -0.237. The largest absolute Gasteiger partial charge is 0.466 e. The van der Waals surface area contributed by atoms with E-state index in [0.717, 1.165) is 31.5 Å². The Morgan fingerprint density at radius 2 is 1.92 bits per heavy atom. The number of carbonyl (C=O) groups is 3. The molecule has 6 nitrogen and oxygen atoms in total. The molecule has 3 rings (SSSR count). The summed E-state index contributed by atoms with van der Waals surface area (Å²) in [4.78, 5) is 39.9. The smallest absolute Gasteiger partial charge is 0.310 e. The lowest BCUT2D eigenvalue weighted by Crippen LogP contribution is -2.42. The first-order valence-corrected chi connectivity index (χ1v) is 8.96. The fourth-order valence-corrected chi connectivity index (χ4v) is 3.50. The van der Waals surface area contributed by atoms with Crippen molar-refractivity contribution in [2.75, 3.05) is 31.1 Å². The molecule has 1 aromatic carbocycles. The normalized spacial score (nSPS) is 20.7. The highest BCUT2D eigenvalue weighted by atomic mass is 16.5. The maximum absolute atomic E-state index is 12.7. The number of benzene rings is 1. The van der Waals surface area contributed by atoms with Crippen molar-refractivity contribution in [1.29, 1.82) is 0 Å². The molecule has 0 aromatic heterocycles. The van der Waals surface area contributed by atoms with Gasteiger partial charge in [-0.05, 0) is 50.5 Å². The first kappa shape index (κ1) is 17.5. The third-order valence-electron chi connectivity index (χ3n) is 4.83. The van der Waals surface area contributed by atoms with Crippen LogP contribution in [0, 0.1) is 5.92 Å². The second-order valence-corrected chi connectivity index (χ2v) is 6.54. The number of piperidine rings is 1. The third kappa shape index (κ3) is 3.83. The van der Waals surface area contributed by atoms with Crippen LogP contribution in [-0.2, 0) is 14.3 Å². The predicted molar refractivity (Wildman–Crippen MR) is 93.3 cm³/mol. The van der Waals surface area contributed by atoms with Crippen molar-refractivity contribution >= 4 is 23.5 Å². The van der Waals surface area contributed by atoms with E-state index in [-0.39, 0.29) is 23.7 Å². The molecule has 2 heterocycles. The Kier molecular flexibility index (Phi) is 5.36. The number of esters is 1. The number of hydrogen-bond acceptors (Lipinski definition) is 4. The number of rotatable bonds is 4. The van der Waals surface area contributed by atoms with Crippen LogP contribution in [-0.4, -0.2) is 48.9 Å². The molecule has 0 bridgehead atoms. The molecule has 2 aliphatic rings. The van der Waals surface area contributed by atoms with Gasteiger partial charge in [-0.15, -0.1) is 0 Å². The molecule has 1 unspecified atom stereocenters. The van der Waals surface area contributed by atoms with Crippen LogP contribution < -0.4 is 4.90 Å². The Morgan fingerprint density at radius 1 is 1.16 bits per heavy atom. The van der Waals surface area contributed by atoms with Gasteiger partial charge < -0.3 is 14.5 Å². The van der Waals surface area contributed by atoms with Crippen molar-refractivity contribution in [2.24, 2.45) is 5.92 Å². The van der Waals surface area contributed by atoms with E-state index in [2.05, 4.69) is 0 Å². The van der Waals surface area contributed by atoms with Gasteiger partial charge in [0.2, 0.25) is 5.91 Å². The summed E-state index contributed by atoms with van der Waals surface area (Å²) in [5.74, 6) is -0.400. The molecular weight excluding hydrogens is 320 g/mol. The maximum atomic E-state index is 12.7. The number of carbonyl (C=O) groups excluding carboxylic acids is 3. The van der Waals surface area contributed by atoms with Crippen LogP contribution in [0.3, 0.4) is 0 Å². The molecule has 0 aliphatic carbocycles. The van der Waals surface area contributed by atoms with Gasteiger partial charge in [0, 0.05) is 37.3 Å². The summed E-state index contributed by atoms with van der Waals surface area (Å²) in [5, 5.41) is 0.